The Hall–Kier alpha value is -2.10. The molecule has 1 aromatic heterocycles. The van der Waals surface area contributed by atoms with Crippen LogP contribution in [0.1, 0.15) is 25.3 Å². The number of benzene rings is 1. The summed E-state index contributed by atoms with van der Waals surface area (Å²) in [6, 6.07) is 8.32. The number of anilines is 1. The van der Waals surface area contributed by atoms with Gasteiger partial charge in [-0.05, 0) is 30.5 Å². The van der Waals surface area contributed by atoms with Gasteiger partial charge in [-0.15, -0.1) is 0 Å². The third-order valence-electron chi connectivity index (χ3n) is 2.60. The lowest BCUT2D eigenvalue weighted by Gasteiger charge is -2.05. The van der Waals surface area contributed by atoms with E-state index < -0.39 is 0 Å². The highest BCUT2D eigenvalue weighted by atomic mass is 16.5. The van der Waals surface area contributed by atoms with E-state index in [1.165, 1.54) is 30.8 Å². The Morgan fingerprint density at radius 1 is 1.11 bits per heavy atom. The predicted octanol–water partition coefficient (Wildman–Crippen LogP) is 3.19. The van der Waals surface area contributed by atoms with Gasteiger partial charge in [0.05, 0.1) is 18.1 Å². The molecule has 94 valence electrons. The smallest absolute Gasteiger partial charge is 0.322 e. The topological polar surface area (TPSA) is 61.0 Å². The van der Waals surface area contributed by atoms with Gasteiger partial charge in [-0.3, -0.25) is 0 Å². The molecule has 0 unspecified atom stereocenters. The van der Waals surface area contributed by atoms with Gasteiger partial charge in [0.15, 0.2) is 0 Å². The Balaban J connectivity index is 1.99. The van der Waals surface area contributed by atoms with Crippen LogP contribution in [-0.2, 0) is 6.42 Å². The molecule has 2 aromatic rings. The maximum absolute atomic E-state index is 5.52. The number of ether oxygens (including phenoxy) is 1. The monoisotopic (exact) mass is 243 g/mol. The molecule has 1 heterocycles. The van der Waals surface area contributed by atoms with Crippen LogP contribution in [0.3, 0.4) is 0 Å². The molecule has 2 N–H and O–H groups in total. The lowest BCUT2D eigenvalue weighted by atomic mass is 10.1. The van der Waals surface area contributed by atoms with Crippen LogP contribution in [0.2, 0.25) is 0 Å². The van der Waals surface area contributed by atoms with E-state index >= 15 is 0 Å². The van der Waals surface area contributed by atoms with Gasteiger partial charge < -0.3 is 10.5 Å². The molecule has 0 aliphatic carbocycles. The van der Waals surface area contributed by atoms with Crippen molar-refractivity contribution >= 4 is 5.69 Å². The number of rotatable bonds is 5. The van der Waals surface area contributed by atoms with Crippen molar-refractivity contribution in [3.05, 3.63) is 42.2 Å². The van der Waals surface area contributed by atoms with Gasteiger partial charge in [-0.2, -0.15) is 0 Å². The van der Waals surface area contributed by atoms with E-state index in [0.717, 1.165) is 12.2 Å². The van der Waals surface area contributed by atoms with Crippen LogP contribution in [-0.4, -0.2) is 9.97 Å². The zero-order valence-corrected chi connectivity index (χ0v) is 10.5. The largest absolute Gasteiger partial charge is 0.424 e. The van der Waals surface area contributed by atoms with E-state index in [4.69, 9.17) is 10.5 Å². The number of nitrogens with zero attached hydrogens (tertiary/aromatic N) is 2. The van der Waals surface area contributed by atoms with Crippen LogP contribution in [0.5, 0.6) is 11.8 Å². The molecule has 0 saturated carbocycles. The van der Waals surface area contributed by atoms with Gasteiger partial charge in [-0.1, -0.05) is 25.5 Å². The lowest BCUT2D eigenvalue weighted by molar-refractivity contribution is 0.442. The van der Waals surface area contributed by atoms with Gasteiger partial charge in [0.1, 0.15) is 5.75 Å². The molecule has 4 heteroatoms. The van der Waals surface area contributed by atoms with Crippen molar-refractivity contribution in [3.63, 3.8) is 0 Å². The van der Waals surface area contributed by atoms with Gasteiger partial charge in [0, 0.05) is 0 Å². The summed E-state index contributed by atoms with van der Waals surface area (Å²) in [5, 5.41) is 0. The molecule has 0 amide bonds. The van der Waals surface area contributed by atoms with Crippen molar-refractivity contribution in [2.45, 2.75) is 26.2 Å². The van der Waals surface area contributed by atoms with Crippen LogP contribution >= 0.6 is 0 Å². The Morgan fingerprint density at radius 2 is 1.78 bits per heavy atom. The van der Waals surface area contributed by atoms with Crippen LogP contribution in [0.15, 0.2) is 36.7 Å². The van der Waals surface area contributed by atoms with E-state index in [0.29, 0.717) is 11.7 Å². The Kier molecular flexibility index (Phi) is 4.12. The van der Waals surface area contributed by atoms with Crippen molar-refractivity contribution in [2.75, 3.05) is 5.73 Å². The summed E-state index contributed by atoms with van der Waals surface area (Å²) in [5.41, 5.74) is 7.35. The van der Waals surface area contributed by atoms with E-state index in [1.54, 1.807) is 0 Å². The maximum atomic E-state index is 5.52. The fourth-order valence-corrected chi connectivity index (χ4v) is 1.59. The van der Waals surface area contributed by atoms with E-state index in [2.05, 4.69) is 29.0 Å². The summed E-state index contributed by atoms with van der Waals surface area (Å²) in [7, 11) is 0. The summed E-state index contributed by atoms with van der Waals surface area (Å²) >= 11 is 0. The van der Waals surface area contributed by atoms with Gasteiger partial charge in [0.2, 0.25) is 0 Å². The zero-order chi connectivity index (χ0) is 12.8. The first-order chi connectivity index (χ1) is 8.78. The average Bonchev–Trinajstić information content (AvgIpc) is 2.41. The normalized spacial score (nSPS) is 10.3. The predicted molar refractivity (Wildman–Crippen MR) is 71.6 cm³/mol. The minimum absolute atomic E-state index is 0.311. The molecule has 0 atom stereocenters. The minimum atomic E-state index is 0.311. The standard InChI is InChI=1S/C14H17N3O/c1-2-3-4-11-5-7-13(8-6-11)18-14-16-9-12(15)10-17-14/h5-10H,2-4,15H2,1H3. The number of aromatic nitrogens is 2. The summed E-state index contributed by atoms with van der Waals surface area (Å²) < 4.78 is 5.52. The highest BCUT2D eigenvalue weighted by molar-refractivity contribution is 5.33. The summed E-state index contributed by atoms with van der Waals surface area (Å²) in [6.07, 6.45) is 6.57. The SMILES string of the molecule is CCCCc1ccc(Oc2ncc(N)cn2)cc1. The summed E-state index contributed by atoms with van der Waals surface area (Å²) in [4.78, 5) is 7.97. The number of aryl methyl sites for hydroxylation is 1. The molecule has 1 aromatic carbocycles. The second kappa shape index (κ2) is 6.00. The van der Waals surface area contributed by atoms with E-state index in [1.807, 2.05) is 12.1 Å². The average molecular weight is 243 g/mol. The second-order valence-electron chi connectivity index (χ2n) is 4.15. The van der Waals surface area contributed by atoms with Crippen molar-refractivity contribution in [3.8, 4) is 11.8 Å². The van der Waals surface area contributed by atoms with Crippen molar-refractivity contribution < 1.29 is 4.74 Å². The molecule has 0 aliphatic rings. The third-order valence-corrected chi connectivity index (χ3v) is 2.60. The second-order valence-corrected chi connectivity index (χ2v) is 4.15. The van der Waals surface area contributed by atoms with Crippen molar-refractivity contribution in [1.29, 1.82) is 0 Å². The number of nitrogen functional groups attached to an aromatic ring is 1. The molecule has 0 bridgehead atoms. The van der Waals surface area contributed by atoms with Gasteiger partial charge in [0.25, 0.3) is 0 Å². The third kappa shape index (κ3) is 3.45. The van der Waals surface area contributed by atoms with Crippen LogP contribution in [0.25, 0.3) is 0 Å². The first-order valence-electron chi connectivity index (χ1n) is 6.12. The molecule has 0 fully saturated rings. The molecule has 0 saturated heterocycles. The number of nitrogens with two attached hydrogens (primary N) is 1. The molecule has 0 spiro atoms. The fraction of sp³-hybridized carbons (Fsp3) is 0.286. The molecule has 0 radical (unpaired) electrons. The Labute approximate surface area is 107 Å². The quantitative estimate of drug-likeness (QED) is 0.876. The lowest BCUT2D eigenvalue weighted by Crippen LogP contribution is -1.94. The van der Waals surface area contributed by atoms with Crippen LogP contribution in [0.4, 0.5) is 5.69 Å². The molecule has 4 nitrogen and oxygen atoms in total. The van der Waals surface area contributed by atoms with Crippen LogP contribution in [0, 0.1) is 0 Å². The highest BCUT2D eigenvalue weighted by Crippen LogP contribution is 2.19. The maximum Gasteiger partial charge on any atom is 0.322 e. The first-order valence-corrected chi connectivity index (χ1v) is 6.12. The zero-order valence-electron chi connectivity index (χ0n) is 10.5. The molecule has 0 aliphatic heterocycles. The first kappa shape index (κ1) is 12.4. The molecular weight excluding hydrogens is 226 g/mol. The van der Waals surface area contributed by atoms with Gasteiger partial charge in [-0.25, -0.2) is 9.97 Å². The molecular formula is C14H17N3O. The number of hydrogen-bond donors (Lipinski definition) is 1. The van der Waals surface area contributed by atoms with Crippen molar-refractivity contribution in [1.82, 2.24) is 9.97 Å². The summed E-state index contributed by atoms with van der Waals surface area (Å²) in [6.45, 7) is 2.19. The number of hydrogen-bond acceptors (Lipinski definition) is 4. The van der Waals surface area contributed by atoms with E-state index in [9.17, 15) is 0 Å². The fourth-order valence-electron chi connectivity index (χ4n) is 1.59. The summed E-state index contributed by atoms with van der Waals surface area (Å²) in [5.74, 6) is 0.736. The highest BCUT2D eigenvalue weighted by Gasteiger charge is 2.00. The van der Waals surface area contributed by atoms with Gasteiger partial charge >= 0.3 is 6.01 Å². The van der Waals surface area contributed by atoms with Crippen LogP contribution < -0.4 is 10.5 Å². The minimum Gasteiger partial charge on any atom is -0.424 e. The Morgan fingerprint density at radius 3 is 2.39 bits per heavy atom. The molecule has 18 heavy (non-hydrogen) atoms. The Bertz CT molecular complexity index is 479. The molecule has 2 rings (SSSR count). The van der Waals surface area contributed by atoms with E-state index in [-0.39, 0.29) is 0 Å². The van der Waals surface area contributed by atoms with Crippen molar-refractivity contribution in [2.24, 2.45) is 0 Å². The number of unbranched alkanes of at least 4 members (excludes halogenated alkanes) is 1.